The number of anilines is 1. The second-order valence-electron chi connectivity index (χ2n) is 6.68. The Hall–Kier alpha value is -2.73. The van der Waals surface area contributed by atoms with Crippen LogP contribution in [0.4, 0.5) is 5.69 Å². The van der Waals surface area contributed by atoms with E-state index in [0.29, 0.717) is 6.42 Å². The van der Waals surface area contributed by atoms with Gasteiger partial charge >= 0.3 is 5.97 Å². The minimum Gasteiger partial charge on any atom is -0.456 e. The fourth-order valence-corrected chi connectivity index (χ4v) is 4.43. The Bertz CT molecular complexity index is 965. The van der Waals surface area contributed by atoms with Gasteiger partial charge in [-0.05, 0) is 37.1 Å². The number of nitrogens with zero attached hydrogens (tertiary/aromatic N) is 2. The molecule has 4 rings (SSSR count). The van der Waals surface area contributed by atoms with Crippen molar-refractivity contribution in [3.05, 3.63) is 59.1 Å². The van der Waals surface area contributed by atoms with Crippen LogP contribution in [-0.4, -0.2) is 29.5 Å². The van der Waals surface area contributed by atoms with Crippen LogP contribution in [0.5, 0.6) is 0 Å². The van der Waals surface area contributed by atoms with Crippen molar-refractivity contribution in [2.45, 2.75) is 32.2 Å². The number of aryl methyl sites for hydroxylation is 1. The van der Waals surface area contributed by atoms with Gasteiger partial charge in [-0.1, -0.05) is 30.3 Å². The molecule has 0 saturated heterocycles. The zero-order valence-corrected chi connectivity index (χ0v) is 15.9. The lowest BCUT2D eigenvalue weighted by atomic mass is 10.1. The van der Waals surface area contributed by atoms with E-state index in [1.807, 2.05) is 55.5 Å². The van der Waals surface area contributed by atoms with Gasteiger partial charge in [0.15, 0.2) is 6.61 Å². The van der Waals surface area contributed by atoms with Gasteiger partial charge in [0.2, 0.25) is 0 Å². The van der Waals surface area contributed by atoms with E-state index in [-0.39, 0.29) is 30.9 Å². The van der Waals surface area contributed by atoms with Crippen molar-refractivity contribution in [3.8, 4) is 0 Å². The molecule has 27 heavy (non-hydrogen) atoms. The van der Waals surface area contributed by atoms with Crippen LogP contribution >= 0.6 is 11.3 Å². The Morgan fingerprint density at radius 1 is 1.19 bits per heavy atom. The van der Waals surface area contributed by atoms with Crippen LogP contribution in [0, 0.1) is 0 Å². The quantitative estimate of drug-likeness (QED) is 0.633. The third-order valence-corrected chi connectivity index (χ3v) is 5.81. The summed E-state index contributed by atoms with van der Waals surface area (Å²) in [4.78, 5) is 30.9. The fourth-order valence-electron chi connectivity index (χ4n) is 3.47. The summed E-state index contributed by atoms with van der Waals surface area (Å²) in [6.07, 6.45) is 1.57. The molecule has 138 valence electrons. The van der Waals surface area contributed by atoms with E-state index in [1.165, 1.54) is 0 Å². The molecule has 0 spiro atoms. The summed E-state index contributed by atoms with van der Waals surface area (Å²) in [5.74, 6) is -0.552. The van der Waals surface area contributed by atoms with E-state index >= 15 is 0 Å². The maximum Gasteiger partial charge on any atom is 0.306 e. The number of carbonyl (C=O) groups is 2. The molecule has 0 radical (unpaired) electrons. The molecule has 3 aromatic rings. The monoisotopic (exact) mass is 380 g/mol. The molecule has 1 aliphatic heterocycles. The standard InChI is InChI=1S/C21H20N2O3S/c1-14-12-15-6-2-4-8-17(15)23(14)20(24)13-26-21(25)11-10-19-22-16-7-3-5-9-18(16)27-19/h2-9,14H,10-13H2,1H3/t14-/m1/s1. The summed E-state index contributed by atoms with van der Waals surface area (Å²) < 4.78 is 6.33. The molecule has 0 bridgehead atoms. The zero-order valence-electron chi connectivity index (χ0n) is 15.1. The molecular weight excluding hydrogens is 360 g/mol. The van der Waals surface area contributed by atoms with Crippen molar-refractivity contribution in [1.29, 1.82) is 0 Å². The highest BCUT2D eigenvalue weighted by molar-refractivity contribution is 7.18. The van der Waals surface area contributed by atoms with Crippen LogP contribution in [0.2, 0.25) is 0 Å². The molecular formula is C21H20N2O3S. The van der Waals surface area contributed by atoms with E-state index in [9.17, 15) is 9.59 Å². The van der Waals surface area contributed by atoms with E-state index in [2.05, 4.69) is 4.98 Å². The number of benzene rings is 2. The topological polar surface area (TPSA) is 59.5 Å². The molecule has 1 amide bonds. The maximum absolute atomic E-state index is 12.6. The van der Waals surface area contributed by atoms with Crippen molar-refractivity contribution in [3.63, 3.8) is 0 Å². The second-order valence-corrected chi connectivity index (χ2v) is 7.80. The van der Waals surface area contributed by atoms with Crippen LogP contribution < -0.4 is 4.90 Å². The fraction of sp³-hybridized carbons (Fsp3) is 0.286. The molecule has 6 heteroatoms. The molecule has 0 unspecified atom stereocenters. The summed E-state index contributed by atoms with van der Waals surface area (Å²) in [6.45, 7) is 1.78. The number of rotatable bonds is 5. The average Bonchev–Trinajstić information content (AvgIpc) is 3.23. The van der Waals surface area contributed by atoms with Crippen molar-refractivity contribution in [2.75, 3.05) is 11.5 Å². The first kappa shape index (κ1) is 17.7. The third kappa shape index (κ3) is 3.71. The predicted octanol–water partition coefficient (Wildman–Crippen LogP) is 3.75. The first-order valence-corrected chi connectivity index (χ1v) is 9.83. The lowest BCUT2D eigenvalue weighted by Crippen LogP contribution is -2.38. The van der Waals surface area contributed by atoms with E-state index < -0.39 is 0 Å². The van der Waals surface area contributed by atoms with E-state index in [4.69, 9.17) is 4.74 Å². The largest absolute Gasteiger partial charge is 0.456 e. The number of aromatic nitrogens is 1. The molecule has 1 aromatic heterocycles. The molecule has 0 N–H and O–H groups in total. The van der Waals surface area contributed by atoms with Crippen molar-refractivity contribution in [1.82, 2.24) is 4.98 Å². The summed E-state index contributed by atoms with van der Waals surface area (Å²) >= 11 is 1.58. The van der Waals surface area contributed by atoms with Crippen LogP contribution in [-0.2, 0) is 27.2 Å². The minimum absolute atomic E-state index is 0.0800. The zero-order chi connectivity index (χ0) is 18.8. The first-order valence-electron chi connectivity index (χ1n) is 9.02. The Labute approximate surface area is 161 Å². The number of hydrogen-bond donors (Lipinski definition) is 0. The van der Waals surface area contributed by atoms with Gasteiger partial charge in [0.25, 0.3) is 5.91 Å². The molecule has 0 saturated carbocycles. The molecule has 0 fully saturated rings. The molecule has 1 aliphatic rings. The number of thiazole rings is 1. The number of para-hydroxylation sites is 2. The van der Waals surface area contributed by atoms with Crippen LogP contribution in [0.25, 0.3) is 10.2 Å². The molecule has 2 heterocycles. The normalized spacial score (nSPS) is 15.7. The van der Waals surface area contributed by atoms with Crippen molar-refractivity contribution >= 4 is 39.1 Å². The maximum atomic E-state index is 12.6. The van der Waals surface area contributed by atoms with Gasteiger partial charge in [-0.15, -0.1) is 11.3 Å². The Balaban J connectivity index is 1.31. The third-order valence-electron chi connectivity index (χ3n) is 4.71. The van der Waals surface area contributed by atoms with Crippen LogP contribution in [0.15, 0.2) is 48.5 Å². The van der Waals surface area contributed by atoms with Gasteiger partial charge in [-0.3, -0.25) is 9.59 Å². The molecule has 0 aliphatic carbocycles. The molecule has 1 atom stereocenters. The highest BCUT2D eigenvalue weighted by atomic mass is 32.1. The van der Waals surface area contributed by atoms with Crippen LogP contribution in [0.3, 0.4) is 0 Å². The van der Waals surface area contributed by atoms with Gasteiger partial charge in [0.05, 0.1) is 21.6 Å². The lowest BCUT2D eigenvalue weighted by molar-refractivity contribution is -0.147. The average molecular weight is 380 g/mol. The van der Waals surface area contributed by atoms with Gasteiger partial charge in [-0.25, -0.2) is 4.98 Å². The summed E-state index contributed by atoms with van der Waals surface area (Å²) in [6, 6.07) is 15.8. The summed E-state index contributed by atoms with van der Waals surface area (Å²) in [5, 5.41) is 0.904. The lowest BCUT2D eigenvalue weighted by Gasteiger charge is -2.22. The highest BCUT2D eigenvalue weighted by Crippen LogP contribution is 2.31. The van der Waals surface area contributed by atoms with Gasteiger partial charge in [0, 0.05) is 18.2 Å². The molecule has 2 aromatic carbocycles. The number of esters is 1. The minimum atomic E-state index is -0.372. The van der Waals surface area contributed by atoms with Gasteiger partial charge in [-0.2, -0.15) is 0 Å². The smallest absolute Gasteiger partial charge is 0.306 e. The van der Waals surface area contributed by atoms with Crippen molar-refractivity contribution in [2.24, 2.45) is 0 Å². The van der Waals surface area contributed by atoms with E-state index in [1.54, 1.807) is 16.2 Å². The Morgan fingerprint density at radius 2 is 1.96 bits per heavy atom. The van der Waals surface area contributed by atoms with Gasteiger partial charge < -0.3 is 9.64 Å². The Kier molecular flexibility index (Phi) is 4.90. The number of ether oxygens (including phenoxy) is 1. The van der Waals surface area contributed by atoms with Crippen LogP contribution in [0.1, 0.15) is 23.9 Å². The first-order chi connectivity index (χ1) is 13.1. The SMILES string of the molecule is C[C@@H]1Cc2ccccc2N1C(=O)COC(=O)CCc1nc2ccccc2s1. The number of carbonyl (C=O) groups excluding carboxylic acids is 2. The summed E-state index contributed by atoms with van der Waals surface area (Å²) in [5.41, 5.74) is 3.02. The number of hydrogen-bond acceptors (Lipinski definition) is 5. The van der Waals surface area contributed by atoms with Gasteiger partial charge in [0.1, 0.15) is 0 Å². The summed E-state index contributed by atoms with van der Waals surface area (Å²) in [7, 11) is 0. The van der Waals surface area contributed by atoms with E-state index in [0.717, 1.165) is 32.9 Å². The van der Waals surface area contributed by atoms with Crippen molar-refractivity contribution < 1.29 is 14.3 Å². The number of fused-ring (bicyclic) bond motifs is 2. The predicted molar refractivity (Wildman–Crippen MR) is 106 cm³/mol. The second kappa shape index (κ2) is 7.48. The highest BCUT2D eigenvalue weighted by Gasteiger charge is 2.30. The number of amides is 1. The molecule has 5 nitrogen and oxygen atoms in total. The Morgan fingerprint density at radius 3 is 2.81 bits per heavy atom.